The van der Waals surface area contributed by atoms with Crippen LogP contribution in [-0.4, -0.2) is 29.0 Å². The maximum atomic E-state index is 6.01. The number of nitrogens with zero attached hydrogens (tertiary/aromatic N) is 2. The van der Waals surface area contributed by atoms with Gasteiger partial charge in [-0.25, -0.2) is 0 Å². The lowest BCUT2D eigenvalue weighted by molar-refractivity contribution is 0.155. The third-order valence-corrected chi connectivity index (χ3v) is 4.10. The molecule has 0 radical (unpaired) electrons. The van der Waals surface area contributed by atoms with Gasteiger partial charge in [0.15, 0.2) is 5.96 Å². The van der Waals surface area contributed by atoms with E-state index in [0.717, 1.165) is 24.5 Å². The van der Waals surface area contributed by atoms with Crippen molar-refractivity contribution in [2.24, 2.45) is 16.6 Å². The maximum absolute atomic E-state index is 6.01. The van der Waals surface area contributed by atoms with E-state index in [4.69, 9.17) is 5.73 Å². The quantitative estimate of drug-likeness (QED) is 0.735. The first-order chi connectivity index (χ1) is 6.78. The van der Waals surface area contributed by atoms with Crippen molar-refractivity contribution in [2.75, 3.05) is 6.54 Å². The van der Waals surface area contributed by atoms with Gasteiger partial charge in [0.2, 0.25) is 0 Å². The largest absolute Gasteiger partial charge is 0.370 e. The summed E-state index contributed by atoms with van der Waals surface area (Å²) >= 11 is 0. The first-order valence-corrected chi connectivity index (χ1v) is 5.87. The van der Waals surface area contributed by atoms with Crippen molar-refractivity contribution in [3.63, 3.8) is 0 Å². The van der Waals surface area contributed by atoms with Gasteiger partial charge in [-0.15, -0.1) is 0 Å². The van der Waals surface area contributed by atoms with E-state index in [1.165, 1.54) is 32.1 Å². The fraction of sp³-hybridized carbons (Fsp3) is 0.909. The SMILES string of the molecule is CCC1(C2CC2)CN=C(N)N1C1CC1. The van der Waals surface area contributed by atoms with Gasteiger partial charge in [0, 0.05) is 6.04 Å². The zero-order valence-corrected chi connectivity index (χ0v) is 8.87. The molecular formula is C11H19N3. The molecule has 2 aliphatic carbocycles. The van der Waals surface area contributed by atoms with E-state index in [-0.39, 0.29) is 0 Å². The summed E-state index contributed by atoms with van der Waals surface area (Å²) in [4.78, 5) is 6.95. The van der Waals surface area contributed by atoms with E-state index >= 15 is 0 Å². The maximum Gasteiger partial charge on any atom is 0.192 e. The average molecular weight is 193 g/mol. The van der Waals surface area contributed by atoms with Crippen molar-refractivity contribution in [1.82, 2.24) is 4.90 Å². The Morgan fingerprint density at radius 1 is 1.43 bits per heavy atom. The number of hydrogen-bond donors (Lipinski definition) is 1. The van der Waals surface area contributed by atoms with Crippen LogP contribution in [0.3, 0.4) is 0 Å². The molecule has 2 saturated carbocycles. The number of hydrogen-bond acceptors (Lipinski definition) is 3. The molecule has 2 N–H and O–H groups in total. The second-order valence-electron chi connectivity index (χ2n) is 5.01. The van der Waals surface area contributed by atoms with Crippen LogP contribution in [0.25, 0.3) is 0 Å². The third kappa shape index (κ3) is 1.01. The Morgan fingerprint density at radius 3 is 2.64 bits per heavy atom. The second kappa shape index (κ2) is 2.65. The minimum Gasteiger partial charge on any atom is -0.370 e. The van der Waals surface area contributed by atoms with Crippen LogP contribution in [0, 0.1) is 5.92 Å². The Labute approximate surface area is 85.4 Å². The van der Waals surface area contributed by atoms with Gasteiger partial charge in [0.1, 0.15) is 0 Å². The summed E-state index contributed by atoms with van der Waals surface area (Å²) in [5.41, 5.74) is 6.34. The van der Waals surface area contributed by atoms with Gasteiger partial charge in [-0.3, -0.25) is 4.99 Å². The summed E-state index contributed by atoms with van der Waals surface area (Å²) in [5, 5.41) is 0. The van der Waals surface area contributed by atoms with Crippen LogP contribution in [0.5, 0.6) is 0 Å². The lowest BCUT2D eigenvalue weighted by Gasteiger charge is -2.39. The average Bonchev–Trinajstić information content (AvgIpc) is 3.05. The highest BCUT2D eigenvalue weighted by atomic mass is 15.4. The Hall–Kier alpha value is -0.730. The predicted octanol–water partition coefficient (Wildman–Crippen LogP) is 1.34. The Kier molecular flexibility index (Phi) is 1.62. The lowest BCUT2D eigenvalue weighted by Crippen LogP contribution is -2.54. The van der Waals surface area contributed by atoms with E-state index in [2.05, 4.69) is 16.8 Å². The van der Waals surface area contributed by atoms with Crippen LogP contribution >= 0.6 is 0 Å². The smallest absolute Gasteiger partial charge is 0.192 e. The second-order valence-corrected chi connectivity index (χ2v) is 5.01. The molecule has 1 atom stereocenters. The molecule has 0 saturated heterocycles. The number of guanidine groups is 1. The van der Waals surface area contributed by atoms with E-state index in [1.807, 2.05) is 0 Å². The van der Waals surface area contributed by atoms with Crippen molar-refractivity contribution < 1.29 is 0 Å². The summed E-state index contributed by atoms with van der Waals surface area (Å²) in [7, 11) is 0. The highest BCUT2D eigenvalue weighted by Crippen LogP contribution is 2.50. The Morgan fingerprint density at radius 2 is 2.14 bits per heavy atom. The third-order valence-electron chi connectivity index (χ3n) is 4.10. The van der Waals surface area contributed by atoms with Gasteiger partial charge in [0.05, 0.1) is 12.1 Å². The molecule has 0 aromatic rings. The summed E-state index contributed by atoms with van der Waals surface area (Å²) in [5.74, 6) is 1.69. The minimum absolute atomic E-state index is 0.325. The molecule has 1 aliphatic heterocycles. The van der Waals surface area contributed by atoms with Gasteiger partial charge in [0.25, 0.3) is 0 Å². The standard InChI is InChI=1S/C11H19N3/c1-2-11(8-3-4-8)7-13-10(12)14(11)9-5-6-9/h8-9H,2-7H2,1H3,(H2,12,13). The molecule has 14 heavy (non-hydrogen) atoms. The lowest BCUT2D eigenvalue weighted by atomic mass is 9.89. The Bertz CT molecular complexity index is 278. The molecule has 0 bridgehead atoms. The summed E-state index contributed by atoms with van der Waals surface area (Å²) in [6, 6.07) is 0.724. The molecule has 0 aromatic carbocycles. The molecule has 0 aromatic heterocycles. The van der Waals surface area contributed by atoms with Crippen LogP contribution in [-0.2, 0) is 0 Å². The molecule has 0 spiro atoms. The number of aliphatic imine (C=N–C) groups is 1. The fourth-order valence-corrected chi connectivity index (χ4v) is 3.00. The van der Waals surface area contributed by atoms with E-state index in [9.17, 15) is 0 Å². The first kappa shape index (κ1) is 8.57. The molecule has 0 amide bonds. The highest BCUT2D eigenvalue weighted by molar-refractivity contribution is 5.82. The topological polar surface area (TPSA) is 41.6 Å². The van der Waals surface area contributed by atoms with Gasteiger partial charge >= 0.3 is 0 Å². The van der Waals surface area contributed by atoms with Gasteiger partial charge in [-0.2, -0.15) is 0 Å². The first-order valence-electron chi connectivity index (χ1n) is 5.87. The van der Waals surface area contributed by atoms with Crippen LogP contribution in [0.1, 0.15) is 39.0 Å². The zero-order valence-electron chi connectivity index (χ0n) is 8.87. The van der Waals surface area contributed by atoms with E-state index < -0.39 is 0 Å². The molecule has 3 heteroatoms. The fourth-order valence-electron chi connectivity index (χ4n) is 3.00. The minimum atomic E-state index is 0.325. The highest BCUT2D eigenvalue weighted by Gasteiger charge is 2.55. The van der Waals surface area contributed by atoms with Crippen molar-refractivity contribution in [3.8, 4) is 0 Å². The summed E-state index contributed by atoms with van der Waals surface area (Å²) < 4.78 is 0. The van der Waals surface area contributed by atoms with Crippen molar-refractivity contribution in [2.45, 2.75) is 50.6 Å². The molecular weight excluding hydrogens is 174 g/mol. The van der Waals surface area contributed by atoms with Crippen molar-refractivity contribution in [1.29, 1.82) is 0 Å². The zero-order chi connectivity index (χ0) is 9.76. The van der Waals surface area contributed by atoms with Crippen LogP contribution in [0.15, 0.2) is 4.99 Å². The van der Waals surface area contributed by atoms with Gasteiger partial charge in [-0.05, 0) is 38.0 Å². The molecule has 2 fully saturated rings. The van der Waals surface area contributed by atoms with Crippen molar-refractivity contribution >= 4 is 5.96 Å². The van der Waals surface area contributed by atoms with Gasteiger partial charge in [-0.1, -0.05) is 6.92 Å². The predicted molar refractivity (Wildman–Crippen MR) is 57.1 cm³/mol. The molecule has 3 rings (SSSR count). The molecule has 3 nitrogen and oxygen atoms in total. The van der Waals surface area contributed by atoms with Crippen LogP contribution in [0.2, 0.25) is 0 Å². The monoisotopic (exact) mass is 193 g/mol. The van der Waals surface area contributed by atoms with E-state index in [0.29, 0.717) is 5.54 Å². The number of rotatable bonds is 3. The molecule has 78 valence electrons. The number of nitrogens with two attached hydrogens (primary N) is 1. The summed E-state index contributed by atoms with van der Waals surface area (Å²) in [6.07, 6.45) is 6.63. The van der Waals surface area contributed by atoms with Crippen molar-refractivity contribution in [3.05, 3.63) is 0 Å². The Balaban J connectivity index is 1.90. The molecule has 3 aliphatic rings. The molecule has 1 unspecified atom stereocenters. The van der Waals surface area contributed by atoms with Crippen LogP contribution in [0.4, 0.5) is 0 Å². The van der Waals surface area contributed by atoms with Crippen LogP contribution < -0.4 is 5.73 Å². The van der Waals surface area contributed by atoms with Gasteiger partial charge < -0.3 is 10.6 Å². The normalized spacial score (nSPS) is 37.5. The summed E-state index contributed by atoms with van der Waals surface area (Å²) in [6.45, 7) is 3.25. The van der Waals surface area contributed by atoms with E-state index in [1.54, 1.807) is 0 Å². The molecule has 1 heterocycles.